The molecule has 302 valence electrons. The molecule has 0 radical (unpaired) electrons. The summed E-state index contributed by atoms with van der Waals surface area (Å²) in [5.41, 5.74) is -1.84. The molecule has 1 atom stereocenters. The molecule has 3 fully saturated rings. The number of para-hydroxylation sites is 1. The molecule has 4 amide bonds. The minimum absolute atomic E-state index is 0.000263. The zero-order valence-electron chi connectivity index (χ0n) is 30.2. The zero-order chi connectivity index (χ0) is 39.7. The number of nitrogens with one attached hydrogen (secondary N) is 1. The van der Waals surface area contributed by atoms with Crippen molar-refractivity contribution in [2.75, 3.05) is 70.5 Å². The molecular weight excluding hydrogens is 758 g/mol. The quantitative estimate of drug-likeness (QED) is 0.396. The van der Waals surface area contributed by atoms with Crippen LogP contribution >= 0.6 is 0 Å². The molecule has 6 rings (SSSR count). The molecule has 3 saturated heterocycles. The predicted octanol–water partition coefficient (Wildman–Crippen LogP) is 4.89. The van der Waals surface area contributed by atoms with Crippen LogP contribution in [0, 0.1) is 0 Å². The molecule has 0 aromatic heterocycles. The van der Waals surface area contributed by atoms with Gasteiger partial charge in [0.1, 0.15) is 0 Å². The highest BCUT2D eigenvalue weighted by atomic mass is 32.2. The SMILES string of the molecule is CS(=O)(=O)N1CCN(C2CCN(C(=O)C(Cc3cc(C(F)(F)F)cc(C(F)(F)F)c3)OC(=O)N3CCC(N4CCc5ccccc5NC4=O)CC3)CC2)CC1. The lowest BCUT2D eigenvalue weighted by Crippen LogP contribution is -2.55. The number of alkyl halides is 6. The van der Waals surface area contributed by atoms with Crippen LogP contribution in [0.25, 0.3) is 0 Å². The smallest absolute Gasteiger partial charge is 0.416 e. The number of amides is 4. The van der Waals surface area contributed by atoms with Crippen molar-refractivity contribution in [3.63, 3.8) is 0 Å². The van der Waals surface area contributed by atoms with Gasteiger partial charge in [-0.1, -0.05) is 18.2 Å². The Morgan fingerprint density at radius 2 is 1.36 bits per heavy atom. The Hall–Kier alpha value is -4.10. The molecule has 55 heavy (non-hydrogen) atoms. The summed E-state index contributed by atoms with van der Waals surface area (Å²) in [5, 5.41) is 2.92. The second-order valence-electron chi connectivity index (χ2n) is 14.5. The number of carbonyl (C=O) groups excluding carboxylic acids is 3. The Labute approximate surface area is 315 Å². The van der Waals surface area contributed by atoms with E-state index in [1.807, 2.05) is 24.3 Å². The number of carbonyl (C=O) groups is 3. The van der Waals surface area contributed by atoms with Crippen LogP contribution in [0.2, 0.25) is 0 Å². The normalized spacial score (nSPS) is 20.8. The fourth-order valence-corrected chi connectivity index (χ4v) is 8.71. The van der Waals surface area contributed by atoms with Crippen LogP contribution in [-0.4, -0.2) is 134 Å². The molecule has 19 heteroatoms. The number of ether oxygens (including phenoxy) is 1. The number of likely N-dealkylation sites (tertiary alicyclic amines) is 2. The molecule has 0 aliphatic carbocycles. The minimum atomic E-state index is -5.11. The lowest BCUT2D eigenvalue weighted by molar-refractivity contribution is -0.143. The number of sulfonamides is 1. The Morgan fingerprint density at radius 3 is 1.95 bits per heavy atom. The first-order valence-electron chi connectivity index (χ1n) is 18.2. The van der Waals surface area contributed by atoms with Gasteiger partial charge in [-0.3, -0.25) is 9.69 Å². The van der Waals surface area contributed by atoms with E-state index in [0.717, 1.165) is 17.5 Å². The van der Waals surface area contributed by atoms with Gasteiger partial charge in [0.05, 0.1) is 17.4 Å². The van der Waals surface area contributed by atoms with Crippen LogP contribution in [0.3, 0.4) is 0 Å². The number of rotatable bonds is 7. The van der Waals surface area contributed by atoms with Crippen LogP contribution in [-0.2, 0) is 44.7 Å². The Balaban J connectivity index is 1.14. The van der Waals surface area contributed by atoms with Crippen molar-refractivity contribution >= 4 is 33.7 Å². The number of hydrogen-bond donors (Lipinski definition) is 1. The van der Waals surface area contributed by atoms with E-state index in [2.05, 4.69) is 10.2 Å². The van der Waals surface area contributed by atoms with Crippen molar-refractivity contribution in [3.05, 3.63) is 64.7 Å². The maximum atomic E-state index is 14.0. The fourth-order valence-electron chi connectivity index (χ4n) is 7.88. The molecule has 0 bridgehead atoms. The number of fused-ring (bicyclic) bond motifs is 1. The lowest BCUT2D eigenvalue weighted by Gasteiger charge is -2.42. The third-order valence-corrected chi connectivity index (χ3v) is 12.2. The molecule has 12 nitrogen and oxygen atoms in total. The van der Waals surface area contributed by atoms with E-state index in [9.17, 15) is 49.1 Å². The van der Waals surface area contributed by atoms with Gasteiger partial charge in [0.15, 0.2) is 6.10 Å². The summed E-state index contributed by atoms with van der Waals surface area (Å²) >= 11 is 0. The van der Waals surface area contributed by atoms with Gasteiger partial charge in [-0.25, -0.2) is 18.0 Å². The van der Waals surface area contributed by atoms with E-state index in [4.69, 9.17) is 4.74 Å². The third-order valence-electron chi connectivity index (χ3n) is 10.9. The monoisotopic (exact) mass is 802 g/mol. The summed E-state index contributed by atoms with van der Waals surface area (Å²) in [5.74, 6) is -0.740. The van der Waals surface area contributed by atoms with Crippen molar-refractivity contribution in [3.8, 4) is 0 Å². The van der Waals surface area contributed by atoms with Gasteiger partial charge in [-0.2, -0.15) is 30.6 Å². The number of benzene rings is 2. The van der Waals surface area contributed by atoms with Crippen molar-refractivity contribution in [1.82, 2.24) is 23.9 Å². The van der Waals surface area contributed by atoms with Crippen LogP contribution < -0.4 is 5.32 Å². The summed E-state index contributed by atoms with van der Waals surface area (Å²) in [6.07, 6.45) is -10.1. The van der Waals surface area contributed by atoms with E-state index < -0.39 is 63.6 Å². The number of urea groups is 1. The van der Waals surface area contributed by atoms with Crippen molar-refractivity contribution in [2.45, 2.75) is 69.1 Å². The standard InChI is InChI=1S/C36H44F6N6O6S/c1-55(52,53)47-18-16-44(17-19-47)28-7-11-45(12-8-28)32(49)31(22-24-20-26(35(37,38)39)23-27(21-24)36(40,41)42)54-34(51)46-13-9-29(10-14-46)48-15-6-25-4-2-3-5-30(25)43-33(48)50/h2-5,20-21,23,28-29,31H,6-19,22H2,1H3,(H,43,50). The van der Waals surface area contributed by atoms with Gasteiger partial charge in [0, 0.05) is 83.1 Å². The van der Waals surface area contributed by atoms with E-state index in [0.29, 0.717) is 77.0 Å². The number of anilines is 1. The average Bonchev–Trinajstić information content (AvgIpc) is 3.31. The first-order chi connectivity index (χ1) is 25.9. The number of hydrogen-bond acceptors (Lipinski definition) is 7. The lowest BCUT2D eigenvalue weighted by atomic mass is 9.98. The van der Waals surface area contributed by atoms with Crippen LogP contribution in [0.1, 0.15) is 47.9 Å². The van der Waals surface area contributed by atoms with Crippen LogP contribution in [0.5, 0.6) is 0 Å². The molecular formula is C36H44F6N6O6S. The van der Waals surface area contributed by atoms with E-state index in [-0.39, 0.29) is 50.4 Å². The first kappa shape index (κ1) is 40.6. The summed E-state index contributed by atoms with van der Waals surface area (Å²) < 4.78 is 113. The summed E-state index contributed by atoms with van der Waals surface area (Å²) in [6.45, 7) is 2.75. The molecule has 1 unspecified atom stereocenters. The van der Waals surface area contributed by atoms with Gasteiger partial charge in [0.2, 0.25) is 10.0 Å². The largest absolute Gasteiger partial charge is 0.436 e. The Morgan fingerprint density at radius 1 is 0.800 bits per heavy atom. The highest BCUT2D eigenvalue weighted by Gasteiger charge is 2.40. The maximum Gasteiger partial charge on any atom is 0.416 e. The van der Waals surface area contributed by atoms with Gasteiger partial charge < -0.3 is 24.8 Å². The molecule has 0 saturated carbocycles. The number of piperazine rings is 1. The Bertz CT molecular complexity index is 1810. The predicted molar refractivity (Wildman–Crippen MR) is 188 cm³/mol. The van der Waals surface area contributed by atoms with Gasteiger partial charge in [0.25, 0.3) is 5.91 Å². The van der Waals surface area contributed by atoms with Gasteiger partial charge >= 0.3 is 24.5 Å². The number of halogens is 6. The second-order valence-corrected chi connectivity index (χ2v) is 16.5. The molecule has 4 aliphatic heterocycles. The van der Waals surface area contributed by atoms with Gasteiger partial charge in [-0.15, -0.1) is 0 Å². The summed E-state index contributed by atoms with van der Waals surface area (Å²) in [4.78, 5) is 47.2. The molecule has 4 heterocycles. The highest BCUT2D eigenvalue weighted by Crippen LogP contribution is 2.37. The van der Waals surface area contributed by atoms with E-state index >= 15 is 0 Å². The zero-order valence-corrected chi connectivity index (χ0v) is 31.1. The molecule has 0 spiro atoms. The average molecular weight is 803 g/mol. The van der Waals surface area contributed by atoms with E-state index in [1.165, 1.54) is 14.1 Å². The van der Waals surface area contributed by atoms with Crippen molar-refractivity contribution in [2.24, 2.45) is 0 Å². The minimum Gasteiger partial charge on any atom is -0.436 e. The second kappa shape index (κ2) is 16.2. The molecule has 2 aromatic carbocycles. The topological polar surface area (TPSA) is 123 Å². The van der Waals surface area contributed by atoms with Crippen LogP contribution in [0.15, 0.2) is 42.5 Å². The molecule has 2 aromatic rings. The third kappa shape index (κ3) is 9.83. The molecule has 1 N–H and O–H groups in total. The number of piperidine rings is 2. The first-order valence-corrected chi connectivity index (χ1v) is 20.1. The summed E-state index contributed by atoms with van der Waals surface area (Å²) in [7, 11) is -3.33. The summed E-state index contributed by atoms with van der Waals surface area (Å²) in [6, 6.07) is 8.08. The van der Waals surface area contributed by atoms with E-state index in [1.54, 1.807) is 4.90 Å². The van der Waals surface area contributed by atoms with Crippen LogP contribution in [0.4, 0.5) is 41.6 Å². The van der Waals surface area contributed by atoms with Crippen molar-refractivity contribution < 1.29 is 53.9 Å². The number of nitrogens with zero attached hydrogens (tertiary/aromatic N) is 5. The van der Waals surface area contributed by atoms with Gasteiger partial charge in [-0.05, 0) is 67.5 Å². The maximum absolute atomic E-state index is 14.0. The Kier molecular flexibility index (Phi) is 11.9. The molecule has 4 aliphatic rings. The highest BCUT2D eigenvalue weighted by molar-refractivity contribution is 7.88. The van der Waals surface area contributed by atoms with Crippen molar-refractivity contribution in [1.29, 1.82) is 0 Å². The fraction of sp³-hybridized carbons (Fsp3) is 0.583.